The van der Waals surface area contributed by atoms with Crippen molar-refractivity contribution in [1.29, 1.82) is 0 Å². The van der Waals surface area contributed by atoms with Crippen molar-refractivity contribution in [2.24, 2.45) is 5.41 Å². The molecule has 1 atom stereocenters. The van der Waals surface area contributed by atoms with Crippen molar-refractivity contribution < 1.29 is 14.3 Å². The fraction of sp³-hybridized carbons (Fsp3) is 0.400. The second kappa shape index (κ2) is 7.71. The first kappa shape index (κ1) is 20.3. The third-order valence-electron chi connectivity index (χ3n) is 5.60. The molecule has 2 N–H and O–H groups in total. The maximum Gasteiger partial charge on any atom is 0.163 e. The van der Waals surface area contributed by atoms with Gasteiger partial charge in [-0.1, -0.05) is 32.0 Å². The Bertz CT molecular complexity index is 1010. The predicted octanol–water partition coefficient (Wildman–Crippen LogP) is 5.70. The Morgan fingerprint density at radius 1 is 1.03 bits per heavy atom. The van der Waals surface area contributed by atoms with Crippen LogP contribution in [0.2, 0.25) is 0 Å². The molecule has 4 rings (SSSR count). The molecule has 0 saturated carbocycles. The van der Waals surface area contributed by atoms with Gasteiger partial charge in [-0.3, -0.25) is 4.79 Å². The summed E-state index contributed by atoms with van der Waals surface area (Å²) in [5.74, 6) is 1.55. The lowest BCUT2D eigenvalue weighted by Crippen LogP contribution is -2.31. The van der Waals surface area contributed by atoms with E-state index in [2.05, 4.69) is 24.5 Å². The van der Waals surface area contributed by atoms with Gasteiger partial charge in [-0.2, -0.15) is 0 Å². The molecule has 0 aromatic heterocycles. The van der Waals surface area contributed by atoms with Crippen LogP contribution in [0.3, 0.4) is 0 Å². The maximum absolute atomic E-state index is 13.3. The molecule has 0 spiro atoms. The van der Waals surface area contributed by atoms with Gasteiger partial charge in [-0.25, -0.2) is 0 Å². The Labute approximate surface area is 178 Å². The Morgan fingerprint density at radius 3 is 2.47 bits per heavy atom. The van der Waals surface area contributed by atoms with E-state index in [-0.39, 0.29) is 23.3 Å². The summed E-state index contributed by atoms with van der Waals surface area (Å²) in [6.07, 6.45) is 1.41. The van der Waals surface area contributed by atoms with E-state index >= 15 is 0 Å². The Hall–Kier alpha value is -2.95. The number of rotatable bonds is 4. The molecule has 2 aliphatic rings. The maximum atomic E-state index is 13.3. The molecule has 30 heavy (non-hydrogen) atoms. The van der Waals surface area contributed by atoms with Gasteiger partial charge in [0, 0.05) is 17.7 Å². The van der Waals surface area contributed by atoms with Crippen LogP contribution in [0.25, 0.3) is 0 Å². The third kappa shape index (κ3) is 3.89. The van der Waals surface area contributed by atoms with Crippen LogP contribution < -0.4 is 20.1 Å². The minimum absolute atomic E-state index is 0.0493. The van der Waals surface area contributed by atoms with Crippen LogP contribution in [-0.2, 0) is 4.79 Å². The lowest BCUT2D eigenvalue weighted by molar-refractivity contribution is -0.118. The zero-order chi connectivity index (χ0) is 21.5. The second-order valence-corrected chi connectivity index (χ2v) is 9.16. The summed E-state index contributed by atoms with van der Waals surface area (Å²) in [6.45, 7) is 8.28. The number of carbonyl (C=O) groups is 1. The highest BCUT2D eigenvalue weighted by Gasteiger charge is 2.38. The van der Waals surface area contributed by atoms with Crippen molar-refractivity contribution in [1.82, 2.24) is 0 Å². The van der Waals surface area contributed by atoms with E-state index in [9.17, 15) is 4.79 Å². The molecule has 0 saturated heterocycles. The highest BCUT2D eigenvalue weighted by molar-refractivity contribution is 6.01. The molecule has 1 aliphatic heterocycles. The van der Waals surface area contributed by atoms with Gasteiger partial charge >= 0.3 is 0 Å². The van der Waals surface area contributed by atoms with Gasteiger partial charge in [0.05, 0.1) is 30.6 Å². The second-order valence-electron chi connectivity index (χ2n) is 9.16. The molecule has 0 fully saturated rings. The van der Waals surface area contributed by atoms with Gasteiger partial charge in [-0.15, -0.1) is 0 Å². The van der Waals surface area contributed by atoms with E-state index in [1.807, 2.05) is 56.3 Å². The van der Waals surface area contributed by atoms with Crippen LogP contribution in [0.5, 0.6) is 11.5 Å². The molecule has 0 bridgehead atoms. The van der Waals surface area contributed by atoms with Gasteiger partial charge in [0.25, 0.3) is 0 Å². The number of para-hydroxylation sites is 2. The lowest BCUT2D eigenvalue weighted by Gasteiger charge is -2.34. The van der Waals surface area contributed by atoms with Crippen molar-refractivity contribution in [3.05, 3.63) is 59.3 Å². The normalized spacial score (nSPS) is 19.9. The van der Waals surface area contributed by atoms with E-state index in [0.29, 0.717) is 17.9 Å². The van der Waals surface area contributed by atoms with Crippen molar-refractivity contribution in [2.45, 2.75) is 52.7 Å². The molecule has 5 nitrogen and oxygen atoms in total. The van der Waals surface area contributed by atoms with Crippen LogP contribution in [-0.4, -0.2) is 19.0 Å². The number of hydrogen-bond donors (Lipinski definition) is 2. The highest BCUT2D eigenvalue weighted by atomic mass is 16.5. The summed E-state index contributed by atoms with van der Waals surface area (Å²) in [6, 6.07) is 13.7. The average molecular weight is 407 g/mol. The third-order valence-corrected chi connectivity index (χ3v) is 5.60. The zero-order valence-electron chi connectivity index (χ0n) is 18.3. The molecule has 5 heteroatoms. The molecular weight excluding hydrogens is 376 g/mol. The van der Waals surface area contributed by atoms with Crippen LogP contribution in [0, 0.1) is 5.41 Å². The van der Waals surface area contributed by atoms with E-state index < -0.39 is 0 Å². The summed E-state index contributed by atoms with van der Waals surface area (Å²) in [5.41, 5.74) is 4.68. The Balaban J connectivity index is 1.83. The number of ketones is 1. The number of methoxy groups -OCH3 is 1. The summed E-state index contributed by atoms with van der Waals surface area (Å²) in [7, 11) is 1.64. The van der Waals surface area contributed by atoms with E-state index in [0.717, 1.165) is 34.6 Å². The van der Waals surface area contributed by atoms with Crippen molar-refractivity contribution in [3.8, 4) is 11.5 Å². The lowest BCUT2D eigenvalue weighted by atomic mass is 9.73. The van der Waals surface area contributed by atoms with E-state index in [4.69, 9.17) is 9.47 Å². The molecule has 0 radical (unpaired) electrons. The number of allylic oxidation sites excluding steroid dienone is 1. The van der Waals surface area contributed by atoms with Crippen molar-refractivity contribution in [3.63, 3.8) is 0 Å². The first-order chi connectivity index (χ1) is 14.3. The van der Waals surface area contributed by atoms with Crippen LogP contribution in [0.4, 0.5) is 11.4 Å². The molecular formula is C25H30N2O3. The largest absolute Gasteiger partial charge is 0.493 e. The van der Waals surface area contributed by atoms with E-state index in [1.165, 1.54) is 0 Å². The number of benzene rings is 2. The van der Waals surface area contributed by atoms with Crippen molar-refractivity contribution in [2.75, 3.05) is 17.7 Å². The van der Waals surface area contributed by atoms with Gasteiger partial charge in [0.1, 0.15) is 0 Å². The standard InChI is InChI=1S/C25H30N2O3/c1-15(2)30-21-11-10-16(12-22(21)29-5)24-23-19(13-25(3,4)14-20(23)28)26-17-8-6-7-9-18(17)27-24/h6-12,15,24,26-27H,13-14H2,1-5H3. The molecule has 1 unspecified atom stereocenters. The smallest absolute Gasteiger partial charge is 0.163 e. The summed E-state index contributed by atoms with van der Waals surface area (Å²) < 4.78 is 11.5. The number of anilines is 2. The average Bonchev–Trinajstić information content (AvgIpc) is 2.83. The van der Waals surface area contributed by atoms with Crippen LogP contribution >= 0.6 is 0 Å². The number of carbonyl (C=O) groups excluding carboxylic acids is 1. The Morgan fingerprint density at radius 2 is 1.77 bits per heavy atom. The zero-order valence-corrected chi connectivity index (χ0v) is 18.3. The minimum Gasteiger partial charge on any atom is -0.493 e. The van der Waals surface area contributed by atoms with Crippen LogP contribution in [0.15, 0.2) is 53.7 Å². The Kier molecular flexibility index (Phi) is 5.22. The molecule has 1 heterocycles. The fourth-order valence-corrected chi connectivity index (χ4v) is 4.35. The molecule has 1 aliphatic carbocycles. The number of Topliss-reactive ketones (excluding diaryl/α,β-unsaturated/α-hetero) is 1. The van der Waals surface area contributed by atoms with Gasteiger partial charge in [0.2, 0.25) is 0 Å². The quantitative estimate of drug-likeness (QED) is 0.682. The summed E-state index contributed by atoms with van der Waals surface area (Å²) >= 11 is 0. The van der Waals surface area contributed by atoms with Crippen molar-refractivity contribution >= 4 is 17.2 Å². The monoisotopic (exact) mass is 406 g/mol. The fourth-order valence-electron chi connectivity index (χ4n) is 4.35. The molecule has 158 valence electrons. The van der Waals surface area contributed by atoms with Gasteiger partial charge < -0.3 is 20.1 Å². The number of nitrogens with one attached hydrogen (secondary N) is 2. The van der Waals surface area contributed by atoms with Gasteiger partial charge in [0.15, 0.2) is 17.3 Å². The van der Waals surface area contributed by atoms with Crippen LogP contribution in [0.1, 0.15) is 52.1 Å². The number of hydrogen-bond acceptors (Lipinski definition) is 5. The predicted molar refractivity (Wildman–Crippen MR) is 120 cm³/mol. The topological polar surface area (TPSA) is 59.6 Å². The van der Waals surface area contributed by atoms with E-state index in [1.54, 1.807) is 7.11 Å². The molecule has 2 aromatic rings. The first-order valence-electron chi connectivity index (χ1n) is 10.5. The molecule has 0 amide bonds. The summed E-state index contributed by atoms with van der Waals surface area (Å²) in [4.78, 5) is 13.3. The molecule has 2 aromatic carbocycles. The minimum atomic E-state index is -0.262. The SMILES string of the molecule is COc1cc(C2Nc3ccccc3NC3=C2C(=O)CC(C)(C)C3)ccc1OC(C)C. The summed E-state index contributed by atoms with van der Waals surface area (Å²) in [5, 5.41) is 7.16. The number of ether oxygens (including phenoxy) is 2. The number of fused-ring (bicyclic) bond motifs is 1. The first-order valence-corrected chi connectivity index (χ1v) is 10.5. The highest BCUT2D eigenvalue weighted by Crippen LogP contribution is 2.46. The van der Waals surface area contributed by atoms with Gasteiger partial charge in [-0.05, 0) is 55.5 Å².